The highest BCUT2D eigenvalue weighted by molar-refractivity contribution is 5.97. The predicted molar refractivity (Wildman–Crippen MR) is 73.7 cm³/mol. The van der Waals surface area contributed by atoms with E-state index in [2.05, 4.69) is 10.2 Å². The minimum atomic E-state index is -0.420. The molecular formula is C14H19N3O2. The van der Waals surface area contributed by atoms with E-state index in [1.807, 2.05) is 37.4 Å². The van der Waals surface area contributed by atoms with Gasteiger partial charge in [-0.25, -0.2) is 0 Å². The van der Waals surface area contributed by atoms with Gasteiger partial charge in [-0.3, -0.25) is 9.59 Å². The normalized spacial score (nSPS) is 20.1. The van der Waals surface area contributed by atoms with Gasteiger partial charge in [0.25, 0.3) is 0 Å². The summed E-state index contributed by atoms with van der Waals surface area (Å²) in [6.45, 7) is 3.47. The number of nitrogens with zero attached hydrogens (tertiary/aromatic N) is 2. The average molecular weight is 261 g/mol. The molecule has 2 amide bonds. The van der Waals surface area contributed by atoms with Gasteiger partial charge >= 0.3 is 0 Å². The van der Waals surface area contributed by atoms with Crippen LogP contribution >= 0.6 is 0 Å². The maximum absolute atomic E-state index is 12.3. The maximum atomic E-state index is 12.3. The Balaban J connectivity index is 2.08. The van der Waals surface area contributed by atoms with E-state index in [4.69, 9.17) is 0 Å². The Bertz CT molecular complexity index is 461. The summed E-state index contributed by atoms with van der Waals surface area (Å²) in [5.74, 6) is -0.186. The summed E-state index contributed by atoms with van der Waals surface area (Å²) in [6.07, 6.45) is 0. The quantitative estimate of drug-likeness (QED) is 0.856. The second-order valence-electron chi connectivity index (χ2n) is 4.85. The molecule has 102 valence electrons. The van der Waals surface area contributed by atoms with E-state index in [0.717, 1.165) is 12.2 Å². The lowest BCUT2D eigenvalue weighted by atomic mass is 10.1. The van der Waals surface area contributed by atoms with Crippen molar-refractivity contribution in [2.24, 2.45) is 0 Å². The van der Waals surface area contributed by atoms with Crippen molar-refractivity contribution < 1.29 is 9.59 Å². The first-order valence-corrected chi connectivity index (χ1v) is 6.39. The van der Waals surface area contributed by atoms with E-state index in [1.54, 1.807) is 4.90 Å². The lowest BCUT2D eigenvalue weighted by molar-refractivity contribution is -0.139. The van der Waals surface area contributed by atoms with Crippen LogP contribution in [-0.2, 0) is 9.59 Å². The maximum Gasteiger partial charge on any atom is 0.248 e. The van der Waals surface area contributed by atoms with Crippen LogP contribution in [0.25, 0.3) is 0 Å². The van der Waals surface area contributed by atoms with Crippen molar-refractivity contribution in [2.45, 2.75) is 13.0 Å². The van der Waals surface area contributed by atoms with Gasteiger partial charge in [-0.1, -0.05) is 18.2 Å². The highest BCUT2D eigenvalue weighted by atomic mass is 16.2. The van der Waals surface area contributed by atoms with Crippen LogP contribution in [0.5, 0.6) is 0 Å². The Hall–Kier alpha value is -1.88. The molecule has 1 N–H and O–H groups in total. The zero-order valence-electron chi connectivity index (χ0n) is 11.3. The van der Waals surface area contributed by atoms with Gasteiger partial charge in [0.2, 0.25) is 11.8 Å². The van der Waals surface area contributed by atoms with Crippen LogP contribution in [0.4, 0.5) is 5.69 Å². The minimum Gasteiger partial charge on any atom is -0.328 e. The third-order valence-electron chi connectivity index (χ3n) is 3.33. The predicted octanol–water partition coefficient (Wildman–Crippen LogP) is 0.788. The molecule has 5 nitrogen and oxygen atoms in total. The first kappa shape index (κ1) is 13.5. The molecular weight excluding hydrogens is 242 g/mol. The molecule has 1 fully saturated rings. The summed E-state index contributed by atoms with van der Waals surface area (Å²) in [5.41, 5.74) is 0.754. The molecule has 1 aliphatic heterocycles. The van der Waals surface area contributed by atoms with E-state index < -0.39 is 6.04 Å². The van der Waals surface area contributed by atoms with Gasteiger partial charge < -0.3 is 15.1 Å². The van der Waals surface area contributed by atoms with Crippen LogP contribution in [0, 0.1) is 0 Å². The number of hydrogen-bond donors (Lipinski definition) is 1. The molecule has 0 saturated carbocycles. The number of likely N-dealkylation sites (N-methyl/N-ethyl adjacent to an activating group) is 1. The van der Waals surface area contributed by atoms with Crippen molar-refractivity contribution in [2.75, 3.05) is 32.0 Å². The number of piperazine rings is 1. The summed E-state index contributed by atoms with van der Waals surface area (Å²) in [7, 11) is 1.96. The standard InChI is InChI=1S/C14H19N3O2/c1-11(18)17-9-8-16(2)10-13(17)14(19)15-12-6-4-3-5-7-12/h3-7,13H,8-10H2,1-2H3,(H,15,19). The monoisotopic (exact) mass is 261 g/mol. The molecule has 0 radical (unpaired) electrons. The SMILES string of the molecule is CC(=O)N1CCN(C)CC1C(=O)Nc1ccccc1. The van der Waals surface area contributed by atoms with E-state index in [9.17, 15) is 9.59 Å². The first-order valence-electron chi connectivity index (χ1n) is 6.39. The van der Waals surface area contributed by atoms with Crippen LogP contribution in [-0.4, -0.2) is 54.3 Å². The van der Waals surface area contributed by atoms with Gasteiger partial charge in [-0.05, 0) is 19.2 Å². The third-order valence-corrected chi connectivity index (χ3v) is 3.33. The van der Waals surface area contributed by atoms with E-state index >= 15 is 0 Å². The lowest BCUT2D eigenvalue weighted by Crippen LogP contribution is -2.58. The number of benzene rings is 1. The number of anilines is 1. The average Bonchev–Trinajstić information content (AvgIpc) is 2.39. The van der Waals surface area contributed by atoms with Gasteiger partial charge in [0.1, 0.15) is 6.04 Å². The summed E-state index contributed by atoms with van der Waals surface area (Å²) < 4.78 is 0. The largest absolute Gasteiger partial charge is 0.328 e. The Morgan fingerprint density at radius 2 is 1.89 bits per heavy atom. The third kappa shape index (κ3) is 3.32. The van der Waals surface area contributed by atoms with Crippen LogP contribution in [0.15, 0.2) is 30.3 Å². The molecule has 1 saturated heterocycles. The minimum absolute atomic E-state index is 0.0543. The first-order chi connectivity index (χ1) is 9.08. The highest BCUT2D eigenvalue weighted by Gasteiger charge is 2.32. The summed E-state index contributed by atoms with van der Waals surface area (Å²) >= 11 is 0. The zero-order chi connectivity index (χ0) is 13.8. The van der Waals surface area contributed by atoms with Crippen molar-refractivity contribution >= 4 is 17.5 Å². The van der Waals surface area contributed by atoms with Crippen molar-refractivity contribution in [3.8, 4) is 0 Å². The van der Waals surface area contributed by atoms with Crippen LogP contribution in [0.1, 0.15) is 6.92 Å². The van der Waals surface area contributed by atoms with Crippen molar-refractivity contribution in [3.63, 3.8) is 0 Å². The molecule has 1 heterocycles. The summed E-state index contributed by atoms with van der Waals surface area (Å²) in [5, 5.41) is 2.86. The molecule has 19 heavy (non-hydrogen) atoms. The molecule has 0 bridgehead atoms. The van der Waals surface area contributed by atoms with Gasteiger partial charge in [0.05, 0.1) is 0 Å². The molecule has 0 aliphatic carbocycles. The number of amides is 2. The van der Waals surface area contributed by atoms with Gasteiger partial charge in [-0.2, -0.15) is 0 Å². The molecule has 5 heteroatoms. The molecule has 2 rings (SSSR count). The Morgan fingerprint density at radius 1 is 1.21 bits per heavy atom. The number of hydrogen-bond acceptors (Lipinski definition) is 3. The zero-order valence-corrected chi connectivity index (χ0v) is 11.3. The molecule has 1 aliphatic rings. The fraction of sp³-hybridized carbons (Fsp3) is 0.429. The second-order valence-corrected chi connectivity index (χ2v) is 4.85. The number of carbonyl (C=O) groups is 2. The molecule has 1 atom stereocenters. The van der Waals surface area contributed by atoms with Crippen molar-refractivity contribution in [3.05, 3.63) is 30.3 Å². The second kappa shape index (κ2) is 5.84. The summed E-state index contributed by atoms with van der Waals surface area (Å²) in [4.78, 5) is 27.6. The lowest BCUT2D eigenvalue weighted by Gasteiger charge is -2.38. The van der Waals surface area contributed by atoms with Gasteiger partial charge in [-0.15, -0.1) is 0 Å². The van der Waals surface area contributed by atoms with E-state index in [0.29, 0.717) is 13.1 Å². The number of para-hydroxylation sites is 1. The van der Waals surface area contributed by atoms with Gasteiger partial charge in [0.15, 0.2) is 0 Å². The van der Waals surface area contributed by atoms with Crippen molar-refractivity contribution in [1.82, 2.24) is 9.80 Å². The van der Waals surface area contributed by atoms with Gasteiger partial charge in [0, 0.05) is 32.2 Å². The Labute approximate surface area is 113 Å². The molecule has 0 aromatic heterocycles. The fourth-order valence-electron chi connectivity index (χ4n) is 2.27. The smallest absolute Gasteiger partial charge is 0.248 e. The molecule has 1 aromatic rings. The fourth-order valence-corrected chi connectivity index (χ4v) is 2.27. The highest BCUT2D eigenvalue weighted by Crippen LogP contribution is 2.12. The van der Waals surface area contributed by atoms with Crippen LogP contribution in [0.2, 0.25) is 0 Å². The van der Waals surface area contributed by atoms with E-state index in [-0.39, 0.29) is 11.8 Å². The number of carbonyl (C=O) groups excluding carboxylic acids is 2. The number of rotatable bonds is 2. The van der Waals surface area contributed by atoms with E-state index in [1.165, 1.54) is 6.92 Å². The Kier molecular flexibility index (Phi) is 4.16. The number of nitrogens with one attached hydrogen (secondary N) is 1. The van der Waals surface area contributed by atoms with Crippen LogP contribution < -0.4 is 5.32 Å². The molecule has 1 unspecified atom stereocenters. The molecule has 1 aromatic carbocycles. The molecule has 0 spiro atoms. The summed E-state index contributed by atoms with van der Waals surface area (Å²) in [6, 6.07) is 8.88. The topological polar surface area (TPSA) is 52.7 Å². The Morgan fingerprint density at radius 3 is 2.53 bits per heavy atom. The van der Waals surface area contributed by atoms with Crippen LogP contribution in [0.3, 0.4) is 0 Å². The van der Waals surface area contributed by atoms with Crippen molar-refractivity contribution in [1.29, 1.82) is 0 Å².